The SMILES string of the molecule is CCCC[C@@H](CNC(=O)OC(C)(C)C)NC(=O)c1cnn(-c2ccccc2)c1C. The number of hydrogen-bond donors (Lipinski definition) is 2. The van der Waals surface area contributed by atoms with Gasteiger partial charge in [0.05, 0.1) is 23.1 Å². The molecular weight excluding hydrogens is 368 g/mol. The summed E-state index contributed by atoms with van der Waals surface area (Å²) >= 11 is 0. The number of nitrogens with one attached hydrogen (secondary N) is 2. The molecule has 0 saturated heterocycles. The largest absolute Gasteiger partial charge is 0.444 e. The second kappa shape index (κ2) is 10.1. The van der Waals surface area contributed by atoms with Gasteiger partial charge in [-0.3, -0.25) is 4.79 Å². The average Bonchev–Trinajstić information content (AvgIpc) is 3.04. The van der Waals surface area contributed by atoms with Crippen molar-refractivity contribution in [3.63, 3.8) is 0 Å². The quantitative estimate of drug-likeness (QED) is 0.701. The number of amides is 2. The normalized spacial score (nSPS) is 12.3. The monoisotopic (exact) mass is 400 g/mol. The van der Waals surface area contributed by atoms with Crippen molar-refractivity contribution in [3.05, 3.63) is 47.8 Å². The van der Waals surface area contributed by atoms with E-state index in [1.54, 1.807) is 10.9 Å². The number of rotatable bonds is 8. The van der Waals surface area contributed by atoms with Crippen molar-refractivity contribution < 1.29 is 14.3 Å². The fourth-order valence-corrected chi connectivity index (χ4v) is 2.92. The van der Waals surface area contributed by atoms with Gasteiger partial charge in [-0.1, -0.05) is 38.0 Å². The summed E-state index contributed by atoms with van der Waals surface area (Å²) in [5.74, 6) is -0.197. The Morgan fingerprint density at radius 1 is 1.21 bits per heavy atom. The molecule has 0 spiro atoms. The Balaban J connectivity index is 2.04. The predicted octanol–water partition coefficient (Wildman–Crippen LogP) is 3.99. The molecule has 2 amide bonds. The van der Waals surface area contributed by atoms with Crippen molar-refractivity contribution in [1.29, 1.82) is 0 Å². The molecule has 29 heavy (non-hydrogen) atoms. The first-order valence-electron chi connectivity index (χ1n) is 10.1. The van der Waals surface area contributed by atoms with Gasteiger partial charge in [0.2, 0.25) is 0 Å². The summed E-state index contributed by atoms with van der Waals surface area (Å²) in [6.45, 7) is 9.72. The fourth-order valence-electron chi connectivity index (χ4n) is 2.92. The van der Waals surface area contributed by atoms with Crippen LogP contribution in [0.2, 0.25) is 0 Å². The van der Waals surface area contributed by atoms with Crippen LogP contribution in [0.5, 0.6) is 0 Å². The molecular formula is C22H32N4O3. The van der Waals surface area contributed by atoms with E-state index in [9.17, 15) is 9.59 Å². The first-order chi connectivity index (χ1) is 13.7. The lowest BCUT2D eigenvalue weighted by Gasteiger charge is -2.22. The van der Waals surface area contributed by atoms with E-state index >= 15 is 0 Å². The number of benzene rings is 1. The molecule has 0 saturated carbocycles. The second-order valence-corrected chi connectivity index (χ2v) is 8.09. The Labute approximate surface area is 172 Å². The minimum Gasteiger partial charge on any atom is -0.444 e. The van der Waals surface area contributed by atoms with Crippen LogP contribution in [0.3, 0.4) is 0 Å². The molecule has 0 bridgehead atoms. The standard InChI is InChI=1S/C22H32N4O3/c1-6-7-11-17(14-23-21(28)29-22(3,4)5)25-20(27)19-15-24-26(16(19)2)18-12-9-8-10-13-18/h8-10,12-13,15,17H,6-7,11,14H2,1-5H3,(H,23,28)(H,25,27)/t17-/m0/s1. The minimum atomic E-state index is -0.560. The molecule has 158 valence electrons. The van der Waals surface area contributed by atoms with Crippen LogP contribution in [0.25, 0.3) is 5.69 Å². The summed E-state index contributed by atoms with van der Waals surface area (Å²) in [5, 5.41) is 10.1. The van der Waals surface area contributed by atoms with E-state index < -0.39 is 11.7 Å². The van der Waals surface area contributed by atoms with Crippen molar-refractivity contribution in [3.8, 4) is 5.69 Å². The summed E-state index contributed by atoms with van der Waals surface area (Å²) in [7, 11) is 0. The highest BCUT2D eigenvalue weighted by Gasteiger charge is 2.21. The Hall–Kier alpha value is -2.83. The van der Waals surface area contributed by atoms with Gasteiger partial charge in [0.1, 0.15) is 5.60 Å². The van der Waals surface area contributed by atoms with Crippen LogP contribution in [0.15, 0.2) is 36.5 Å². The summed E-state index contributed by atoms with van der Waals surface area (Å²) in [5.41, 5.74) is 1.63. The molecule has 2 aromatic rings. The van der Waals surface area contributed by atoms with Gasteiger partial charge in [-0.05, 0) is 46.2 Å². The first kappa shape index (κ1) is 22.5. The zero-order valence-electron chi connectivity index (χ0n) is 18.0. The van der Waals surface area contributed by atoms with E-state index in [2.05, 4.69) is 22.7 Å². The maximum atomic E-state index is 12.8. The van der Waals surface area contributed by atoms with E-state index in [4.69, 9.17) is 4.74 Å². The lowest BCUT2D eigenvalue weighted by Crippen LogP contribution is -2.45. The van der Waals surface area contributed by atoms with Crippen LogP contribution in [0.1, 0.15) is 63.0 Å². The molecule has 0 fully saturated rings. The van der Waals surface area contributed by atoms with E-state index in [0.29, 0.717) is 12.1 Å². The highest BCUT2D eigenvalue weighted by Crippen LogP contribution is 2.14. The number of nitrogens with zero attached hydrogens (tertiary/aromatic N) is 2. The number of aromatic nitrogens is 2. The zero-order valence-corrected chi connectivity index (χ0v) is 18.0. The minimum absolute atomic E-state index is 0.186. The van der Waals surface area contributed by atoms with Gasteiger partial charge in [0.25, 0.3) is 5.91 Å². The number of carbonyl (C=O) groups is 2. The molecule has 2 rings (SSSR count). The molecule has 0 radical (unpaired) electrons. The molecule has 0 aliphatic carbocycles. The third-order valence-electron chi connectivity index (χ3n) is 4.39. The van der Waals surface area contributed by atoms with Gasteiger partial charge in [0.15, 0.2) is 0 Å². The Bertz CT molecular complexity index is 809. The van der Waals surface area contributed by atoms with Gasteiger partial charge in [-0.15, -0.1) is 0 Å². The topological polar surface area (TPSA) is 85.2 Å². The van der Waals surface area contributed by atoms with Crippen molar-refractivity contribution >= 4 is 12.0 Å². The van der Waals surface area contributed by atoms with Gasteiger partial charge >= 0.3 is 6.09 Å². The molecule has 0 aliphatic rings. The molecule has 1 aromatic carbocycles. The first-order valence-corrected chi connectivity index (χ1v) is 10.1. The summed E-state index contributed by atoms with van der Waals surface area (Å²) in [6.07, 6.45) is 3.81. The molecule has 1 atom stereocenters. The van der Waals surface area contributed by atoms with Crippen LogP contribution in [-0.4, -0.2) is 40.0 Å². The number of hydrogen-bond acceptors (Lipinski definition) is 4. The van der Waals surface area contributed by atoms with E-state index in [1.807, 2.05) is 58.0 Å². The van der Waals surface area contributed by atoms with Crippen LogP contribution in [0, 0.1) is 6.92 Å². The Kier molecular flexibility index (Phi) is 7.82. The maximum absolute atomic E-state index is 12.8. The maximum Gasteiger partial charge on any atom is 0.407 e. The molecule has 7 heteroatoms. The lowest BCUT2D eigenvalue weighted by molar-refractivity contribution is 0.0519. The second-order valence-electron chi connectivity index (χ2n) is 8.09. The van der Waals surface area contributed by atoms with Gasteiger partial charge in [-0.25, -0.2) is 9.48 Å². The van der Waals surface area contributed by atoms with Crippen molar-refractivity contribution in [1.82, 2.24) is 20.4 Å². The van der Waals surface area contributed by atoms with Crippen LogP contribution in [0.4, 0.5) is 4.79 Å². The molecule has 1 aromatic heterocycles. The van der Waals surface area contributed by atoms with Crippen LogP contribution < -0.4 is 10.6 Å². The third-order valence-corrected chi connectivity index (χ3v) is 4.39. The van der Waals surface area contributed by atoms with E-state index in [1.165, 1.54) is 0 Å². The number of para-hydroxylation sites is 1. The number of carbonyl (C=O) groups excluding carboxylic acids is 2. The smallest absolute Gasteiger partial charge is 0.407 e. The summed E-state index contributed by atoms with van der Waals surface area (Å²) < 4.78 is 7.02. The zero-order chi connectivity index (χ0) is 21.4. The van der Waals surface area contributed by atoms with E-state index in [0.717, 1.165) is 30.6 Å². The van der Waals surface area contributed by atoms with Gasteiger partial charge in [-0.2, -0.15) is 5.10 Å². The number of unbranched alkanes of at least 4 members (excludes halogenated alkanes) is 1. The lowest BCUT2D eigenvalue weighted by atomic mass is 10.1. The molecule has 0 unspecified atom stereocenters. The average molecular weight is 401 g/mol. The number of ether oxygens (including phenoxy) is 1. The third kappa shape index (κ3) is 6.93. The molecule has 0 aliphatic heterocycles. The molecule has 1 heterocycles. The highest BCUT2D eigenvalue weighted by molar-refractivity contribution is 5.95. The van der Waals surface area contributed by atoms with Gasteiger partial charge < -0.3 is 15.4 Å². The van der Waals surface area contributed by atoms with Crippen molar-refractivity contribution in [2.75, 3.05) is 6.54 Å². The highest BCUT2D eigenvalue weighted by atomic mass is 16.6. The van der Waals surface area contributed by atoms with E-state index in [-0.39, 0.29) is 11.9 Å². The Morgan fingerprint density at radius 3 is 2.52 bits per heavy atom. The summed E-state index contributed by atoms with van der Waals surface area (Å²) in [4.78, 5) is 24.8. The van der Waals surface area contributed by atoms with Gasteiger partial charge in [0, 0.05) is 12.6 Å². The number of alkyl carbamates (subject to hydrolysis) is 1. The predicted molar refractivity (Wildman–Crippen MR) is 113 cm³/mol. The van der Waals surface area contributed by atoms with Crippen molar-refractivity contribution in [2.24, 2.45) is 0 Å². The summed E-state index contributed by atoms with van der Waals surface area (Å²) in [6, 6.07) is 9.49. The molecule has 2 N–H and O–H groups in total. The van der Waals surface area contributed by atoms with Crippen molar-refractivity contribution in [2.45, 2.75) is 65.5 Å². The Morgan fingerprint density at radius 2 is 1.90 bits per heavy atom. The fraction of sp³-hybridized carbons (Fsp3) is 0.500. The van der Waals surface area contributed by atoms with Crippen LogP contribution in [-0.2, 0) is 4.74 Å². The van der Waals surface area contributed by atoms with Crippen LogP contribution >= 0.6 is 0 Å². The molecule has 7 nitrogen and oxygen atoms in total.